The van der Waals surface area contributed by atoms with Crippen LogP contribution in [-0.2, 0) is 23.2 Å². The first-order valence-electron chi connectivity index (χ1n) is 11.5. The van der Waals surface area contributed by atoms with Gasteiger partial charge in [0.15, 0.2) is 0 Å². The van der Waals surface area contributed by atoms with E-state index < -0.39 is 17.5 Å². The Hall–Kier alpha value is -1.79. The SMILES string of the molecule is CC.CC.Cc1cc(C)c(C2=C(OC(=O)C(C)(C)C)CC(C(C)COS)OC2=O)c(C)c1. The maximum Gasteiger partial charge on any atom is 0.342 e. The van der Waals surface area contributed by atoms with Gasteiger partial charge in [0, 0.05) is 12.3 Å². The van der Waals surface area contributed by atoms with Crippen LogP contribution in [0.25, 0.3) is 5.57 Å². The number of aryl methyl sites for hydroxylation is 3. The minimum atomic E-state index is -0.688. The largest absolute Gasteiger partial charge is 0.458 e. The van der Waals surface area contributed by atoms with Crippen molar-refractivity contribution in [2.45, 2.75) is 88.7 Å². The number of hydrogen-bond acceptors (Lipinski definition) is 6. The van der Waals surface area contributed by atoms with Gasteiger partial charge in [-0.25, -0.2) is 4.79 Å². The Labute approximate surface area is 200 Å². The van der Waals surface area contributed by atoms with E-state index in [-0.39, 0.29) is 11.9 Å². The number of thiol groups is 1. The third-order valence-electron chi connectivity index (χ3n) is 4.86. The smallest absolute Gasteiger partial charge is 0.342 e. The van der Waals surface area contributed by atoms with E-state index in [0.717, 1.165) is 22.3 Å². The normalized spacial score (nSPS) is 16.8. The van der Waals surface area contributed by atoms with Crippen LogP contribution >= 0.6 is 12.9 Å². The van der Waals surface area contributed by atoms with Crippen LogP contribution in [0.2, 0.25) is 0 Å². The van der Waals surface area contributed by atoms with Gasteiger partial charge in [0.2, 0.25) is 0 Å². The van der Waals surface area contributed by atoms with Gasteiger partial charge in [-0.05, 0) is 71.1 Å². The molecule has 0 spiro atoms. The molecule has 0 radical (unpaired) electrons. The van der Waals surface area contributed by atoms with Crippen molar-refractivity contribution in [3.8, 4) is 0 Å². The molecule has 6 heteroatoms. The molecule has 182 valence electrons. The zero-order chi connectivity index (χ0) is 25.2. The molecule has 0 bridgehead atoms. The summed E-state index contributed by atoms with van der Waals surface area (Å²) < 4.78 is 16.4. The van der Waals surface area contributed by atoms with Crippen LogP contribution in [0.15, 0.2) is 17.9 Å². The number of hydrogen-bond donors (Lipinski definition) is 1. The molecule has 2 unspecified atom stereocenters. The average molecular weight is 467 g/mol. The predicted octanol–water partition coefficient (Wildman–Crippen LogP) is 6.78. The van der Waals surface area contributed by atoms with Gasteiger partial charge in [-0.15, -0.1) is 0 Å². The van der Waals surface area contributed by atoms with Gasteiger partial charge < -0.3 is 13.7 Å². The molecule has 1 aromatic rings. The van der Waals surface area contributed by atoms with E-state index in [2.05, 4.69) is 12.9 Å². The molecule has 0 fully saturated rings. The lowest BCUT2D eigenvalue weighted by Gasteiger charge is -2.31. The van der Waals surface area contributed by atoms with Crippen molar-refractivity contribution in [2.24, 2.45) is 11.3 Å². The van der Waals surface area contributed by atoms with Crippen molar-refractivity contribution in [2.75, 3.05) is 6.61 Å². The lowest BCUT2D eigenvalue weighted by atomic mass is 9.88. The fourth-order valence-electron chi connectivity index (χ4n) is 3.35. The standard InChI is InChI=1S/C22H30O5S.2C2H6/c1-12-8-13(2)18(14(3)9-12)19-17(27-21(24)22(5,6)7)10-16(26-20(19)23)15(4)11-25-28;2*1-2/h8-9,15-16,28H,10-11H2,1-7H3;2*1-2H3. The van der Waals surface area contributed by atoms with Crippen LogP contribution in [0.4, 0.5) is 0 Å². The van der Waals surface area contributed by atoms with Gasteiger partial charge in [-0.1, -0.05) is 52.3 Å². The number of carbonyl (C=O) groups excluding carboxylic acids is 2. The number of esters is 2. The number of cyclic esters (lactones) is 1. The van der Waals surface area contributed by atoms with Gasteiger partial charge in [-0.3, -0.25) is 4.79 Å². The van der Waals surface area contributed by atoms with Crippen LogP contribution in [-0.4, -0.2) is 24.6 Å². The predicted molar refractivity (Wildman–Crippen MR) is 134 cm³/mol. The van der Waals surface area contributed by atoms with Crippen LogP contribution in [0, 0.1) is 32.1 Å². The number of rotatable bonds is 5. The summed E-state index contributed by atoms with van der Waals surface area (Å²) in [5.41, 5.74) is 3.41. The van der Waals surface area contributed by atoms with Crippen molar-refractivity contribution in [3.05, 3.63) is 40.1 Å². The second kappa shape index (κ2) is 13.7. The molecule has 2 rings (SSSR count). The zero-order valence-electron chi connectivity index (χ0n) is 21.7. The monoisotopic (exact) mass is 466 g/mol. The first-order chi connectivity index (χ1) is 15.0. The van der Waals surface area contributed by atoms with Gasteiger partial charge >= 0.3 is 11.9 Å². The molecule has 0 saturated carbocycles. The Balaban J connectivity index is 0.00000227. The Morgan fingerprint density at radius 3 is 2.06 bits per heavy atom. The van der Waals surface area contributed by atoms with E-state index in [9.17, 15) is 9.59 Å². The van der Waals surface area contributed by atoms with Gasteiger partial charge in [-0.2, -0.15) is 0 Å². The van der Waals surface area contributed by atoms with E-state index >= 15 is 0 Å². The maximum atomic E-state index is 13.0. The summed E-state index contributed by atoms with van der Waals surface area (Å²) in [5, 5.41) is 0. The summed E-state index contributed by atoms with van der Waals surface area (Å²) in [6, 6.07) is 4.02. The van der Waals surface area contributed by atoms with E-state index in [4.69, 9.17) is 13.7 Å². The molecule has 0 aromatic heterocycles. The molecular weight excluding hydrogens is 424 g/mol. The maximum absolute atomic E-state index is 13.0. The molecule has 1 aliphatic rings. The highest BCUT2D eigenvalue weighted by atomic mass is 32.1. The Kier molecular flexibility index (Phi) is 12.9. The van der Waals surface area contributed by atoms with Gasteiger partial charge in [0.25, 0.3) is 0 Å². The number of benzene rings is 1. The first kappa shape index (κ1) is 30.2. The van der Waals surface area contributed by atoms with E-state index in [1.54, 1.807) is 20.8 Å². The molecule has 0 aliphatic carbocycles. The molecule has 5 nitrogen and oxygen atoms in total. The zero-order valence-corrected chi connectivity index (χ0v) is 22.6. The van der Waals surface area contributed by atoms with Crippen molar-refractivity contribution in [3.63, 3.8) is 0 Å². The fraction of sp³-hybridized carbons (Fsp3) is 0.615. The molecule has 0 saturated heterocycles. The highest BCUT2D eigenvalue weighted by molar-refractivity contribution is 7.75. The Morgan fingerprint density at radius 2 is 1.62 bits per heavy atom. The third-order valence-corrected chi connectivity index (χ3v) is 5.00. The molecule has 1 heterocycles. The molecule has 0 N–H and O–H groups in total. The minimum absolute atomic E-state index is 0.0912. The van der Waals surface area contributed by atoms with Crippen LogP contribution in [0.3, 0.4) is 0 Å². The summed E-state index contributed by atoms with van der Waals surface area (Å²) >= 11 is 3.79. The van der Waals surface area contributed by atoms with Crippen molar-refractivity contribution < 1.29 is 23.2 Å². The van der Waals surface area contributed by atoms with E-state index in [1.165, 1.54) is 0 Å². The number of carbonyl (C=O) groups is 2. The van der Waals surface area contributed by atoms with E-state index in [0.29, 0.717) is 24.4 Å². The highest BCUT2D eigenvalue weighted by Gasteiger charge is 2.37. The molecule has 1 aromatic carbocycles. The topological polar surface area (TPSA) is 61.8 Å². The molecule has 1 aliphatic heterocycles. The van der Waals surface area contributed by atoms with Gasteiger partial charge in [0.05, 0.1) is 12.0 Å². The lowest BCUT2D eigenvalue weighted by Crippen LogP contribution is -2.35. The first-order valence-corrected chi connectivity index (χ1v) is 11.8. The molecular formula is C26H42O5S. The third kappa shape index (κ3) is 7.96. The van der Waals surface area contributed by atoms with Crippen molar-refractivity contribution in [1.29, 1.82) is 0 Å². The van der Waals surface area contributed by atoms with Gasteiger partial charge in [0.1, 0.15) is 17.4 Å². The molecule has 2 atom stereocenters. The Bertz CT molecular complexity index is 782. The molecule has 32 heavy (non-hydrogen) atoms. The summed E-state index contributed by atoms with van der Waals surface area (Å²) in [7, 11) is 0. The minimum Gasteiger partial charge on any atom is -0.458 e. The van der Waals surface area contributed by atoms with Crippen LogP contribution in [0.1, 0.15) is 84.1 Å². The van der Waals surface area contributed by atoms with E-state index in [1.807, 2.05) is 67.5 Å². The second-order valence-electron chi connectivity index (χ2n) is 8.63. The van der Waals surface area contributed by atoms with Crippen molar-refractivity contribution >= 4 is 30.4 Å². The summed E-state index contributed by atoms with van der Waals surface area (Å²) in [4.78, 5) is 25.6. The summed E-state index contributed by atoms with van der Waals surface area (Å²) in [6.07, 6.45) is -0.134. The second-order valence-corrected chi connectivity index (χ2v) is 8.89. The lowest BCUT2D eigenvalue weighted by molar-refractivity contribution is -0.153. The fourth-order valence-corrected chi connectivity index (χ4v) is 3.59. The average Bonchev–Trinajstić information content (AvgIpc) is 2.71. The van der Waals surface area contributed by atoms with Crippen LogP contribution < -0.4 is 0 Å². The number of ether oxygens (including phenoxy) is 2. The summed E-state index contributed by atoms with van der Waals surface area (Å²) in [5.74, 6) is -0.586. The quantitative estimate of drug-likeness (QED) is 0.294. The Morgan fingerprint density at radius 1 is 1.12 bits per heavy atom. The van der Waals surface area contributed by atoms with Crippen molar-refractivity contribution in [1.82, 2.24) is 0 Å². The van der Waals surface area contributed by atoms with Crippen LogP contribution in [0.5, 0.6) is 0 Å². The highest BCUT2D eigenvalue weighted by Crippen LogP contribution is 2.37. The molecule has 0 amide bonds. The summed E-state index contributed by atoms with van der Waals surface area (Å²) in [6.45, 7) is 21.5.